The van der Waals surface area contributed by atoms with Gasteiger partial charge in [0.25, 0.3) is 0 Å². The molecule has 0 saturated carbocycles. The summed E-state index contributed by atoms with van der Waals surface area (Å²) in [4.78, 5) is 24.3. The van der Waals surface area contributed by atoms with Crippen LogP contribution in [0.4, 0.5) is 4.79 Å². The Bertz CT molecular complexity index is 722. The van der Waals surface area contributed by atoms with Gasteiger partial charge in [-0.25, -0.2) is 9.59 Å². The van der Waals surface area contributed by atoms with Crippen molar-refractivity contribution >= 4 is 35.2 Å². The molecule has 1 aliphatic heterocycles. The minimum absolute atomic E-state index is 0.0163. The summed E-state index contributed by atoms with van der Waals surface area (Å²) in [7, 11) is 0. The maximum atomic E-state index is 12.4. The third-order valence-corrected chi connectivity index (χ3v) is 4.84. The lowest BCUT2D eigenvalue weighted by Gasteiger charge is -2.28. The normalized spacial score (nSPS) is 18.2. The highest BCUT2D eigenvalue weighted by molar-refractivity contribution is 6.35. The lowest BCUT2D eigenvalue weighted by Crippen LogP contribution is -2.86. The SMILES string of the molecule is CCOC(=O)C1=C(C[NH2+][C@@H](C)c2ccc(Cl)cc2Cl)NC(=O)N[C@H]1CC. The molecule has 1 aliphatic rings. The lowest BCUT2D eigenvalue weighted by atomic mass is 10.00. The number of urea groups is 1. The van der Waals surface area contributed by atoms with E-state index in [0.717, 1.165) is 5.56 Å². The smallest absolute Gasteiger partial charge is 0.338 e. The minimum atomic E-state index is -0.410. The van der Waals surface area contributed by atoms with E-state index in [1.54, 1.807) is 19.1 Å². The number of nitrogens with two attached hydrogens (primary N) is 1. The topological polar surface area (TPSA) is 84.0 Å². The molecule has 6 nitrogen and oxygen atoms in total. The van der Waals surface area contributed by atoms with Crippen LogP contribution in [0.15, 0.2) is 29.5 Å². The number of hydrogen-bond donors (Lipinski definition) is 3. The van der Waals surface area contributed by atoms with Crippen molar-refractivity contribution in [3.63, 3.8) is 0 Å². The summed E-state index contributed by atoms with van der Waals surface area (Å²) >= 11 is 12.2. The van der Waals surface area contributed by atoms with Crippen LogP contribution in [-0.2, 0) is 9.53 Å². The average Bonchev–Trinajstić information content (AvgIpc) is 2.59. The molecule has 0 fully saturated rings. The van der Waals surface area contributed by atoms with Crippen molar-refractivity contribution in [2.45, 2.75) is 39.3 Å². The quantitative estimate of drug-likeness (QED) is 0.614. The highest BCUT2D eigenvalue weighted by Crippen LogP contribution is 2.24. The first-order chi connectivity index (χ1) is 12.4. The molecule has 8 heteroatoms. The summed E-state index contributed by atoms with van der Waals surface area (Å²) in [5.74, 6) is -0.410. The number of carbonyl (C=O) groups excluding carboxylic acids is 2. The van der Waals surface area contributed by atoms with E-state index < -0.39 is 5.97 Å². The number of esters is 1. The van der Waals surface area contributed by atoms with Crippen LogP contribution in [0.25, 0.3) is 0 Å². The van der Waals surface area contributed by atoms with Gasteiger partial charge in [0.1, 0.15) is 12.6 Å². The molecule has 2 rings (SSSR count). The Labute approximate surface area is 163 Å². The summed E-state index contributed by atoms with van der Waals surface area (Å²) in [5.41, 5.74) is 1.97. The molecule has 1 heterocycles. The van der Waals surface area contributed by atoms with Crippen molar-refractivity contribution in [3.8, 4) is 0 Å². The van der Waals surface area contributed by atoms with Gasteiger partial charge >= 0.3 is 12.0 Å². The van der Waals surface area contributed by atoms with E-state index in [9.17, 15) is 9.59 Å². The zero-order valence-corrected chi connectivity index (χ0v) is 16.6. The molecule has 1 aromatic carbocycles. The van der Waals surface area contributed by atoms with Gasteiger partial charge in [-0.15, -0.1) is 0 Å². The van der Waals surface area contributed by atoms with Gasteiger partial charge < -0.3 is 20.7 Å². The van der Waals surface area contributed by atoms with Crippen molar-refractivity contribution in [1.29, 1.82) is 0 Å². The summed E-state index contributed by atoms with van der Waals surface area (Å²) in [6, 6.07) is 4.71. The first kappa shape index (κ1) is 20.6. The third-order valence-electron chi connectivity index (χ3n) is 4.28. The Kier molecular flexibility index (Phi) is 7.32. The minimum Gasteiger partial charge on any atom is -0.463 e. The van der Waals surface area contributed by atoms with E-state index in [2.05, 4.69) is 10.6 Å². The number of rotatable bonds is 7. The number of quaternary nitrogens is 1. The number of amides is 2. The monoisotopic (exact) mass is 400 g/mol. The highest BCUT2D eigenvalue weighted by atomic mass is 35.5. The van der Waals surface area contributed by atoms with E-state index in [1.165, 1.54) is 0 Å². The maximum absolute atomic E-state index is 12.4. The van der Waals surface area contributed by atoms with Crippen molar-refractivity contribution in [2.24, 2.45) is 0 Å². The van der Waals surface area contributed by atoms with Gasteiger partial charge in [-0.05, 0) is 32.4 Å². The predicted molar refractivity (Wildman–Crippen MR) is 101 cm³/mol. The number of nitrogens with one attached hydrogen (secondary N) is 2. The van der Waals surface area contributed by atoms with E-state index in [1.807, 2.05) is 25.2 Å². The molecule has 0 aliphatic carbocycles. The molecule has 26 heavy (non-hydrogen) atoms. The Morgan fingerprint density at radius 3 is 2.69 bits per heavy atom. The summed E-state index contributed by atoms with van der Waals surface area (Å²) in [6.45, 7) is 6.36. The summed E-state index contributed by atoms with van der Waals surface area (Å²) in [5, 5.41) is 8.67. The number of benzene rings is 1. The number of carbonyl (C=O) groups is 2. The second-order valence-corrected chi connectivity index (χ2v) is 6.91. The fourth-order valence-electron chi connectivity index (χ4n) is 2.92. The van der Waals surface area contributed by atoms with E-state index in [0.29, 0.717) is 34.3 Å². The fraction of sp³-hybridized carbons (Fsp3) is 0.444. The van der Waals surface area contributed by atoms with E-state index in [-0.39, 0.29) is 24.7 Å². The molecule has 2 atom stereocenters. The van der Waals surface area contributed by atoms with Gasteiger partial charge in [-0.3, -0.25) is 0 Å². The van der Waals surface area contributed by atoms with E-state index in [4.69, 9.17) is 27.9 Å². The van der Waals surface area contributed by atoms with E-state index >= 15 is 0 Å². The third kappa shape index (κ3) is 4.90. The van der Waals surface area contributed by atoms with Crippen molar-refractivity contribution < 1.29 is 19.6 Å². The first-order valence-electron chi connectivity index (χ1n) is 8.63. The molecular formula is C18H24Cl2N3O3+. The van der Waals surface area contributed by atoms with Gasteiger partial charge in [0.15, 0.2) is 0 Å². The zero-order chi connectivity index (χ0) is 19.3. The van der Waals surface area contributed by atoms with Crippen LogP contribution in [0.2, 0.25) is 10.0 Å². The molecule has 0 spiro atoms. The van der Waals surface area contributed by atoms with Gasteiger partial charge in [-0.1, -0.05) is 36.2 Å². The molecular weight excluding hydrogens is 377 g/mol. The zero-order valence-electron chi connectivity index (χ0n) is 15.1. The lowest BCUT2D eigenvalue weighted by molar-refractivity contribution is -0.686. The van der Waals surface area contributed by atoms with Crippen LogP contribution >= 0.6 is 23.2 Å². The second-order valence-electron chi connectivity index (χ2n) is 6.07. The largest absolute Gasteiger partial charge is 0.463 e. The van der Waals surface area contributed by atoms with Crippen LogP contribution in [0.5, 0.6) is 0 Å². The van der Waals surface area contributed by atoms with Gasteiger partial charge in [-0.2, -0.15) is 0 Å². The van der Waals surface area contributed by atoms with Crippen LogP contribution < -0.4 is 16.0 Å². The Balaban J connectivity index is 2.21. The number of ether oxygens (including phenoxy) is 1. The molecule has 142 valence electrons. The maximum Gasteiger partial charge on any atom is 0.338 e. The van der Waals surface area contributed by atoms with Gasteiger partial charge in [0.05, 0.1) is 28.9 Å². The molecule has 0 radical (unpaired) electrons. The molecule has 2 amide bonds. The average molecular weight is 401 g/mol. The molecule has 0 aromatic heterocycles. The predicted octanol–water partition coefficient (Wildman–Crippen LogP) is 2.53. The van der Waals surface area contributed by atoms with Gasteiger partial charge in [0.2, 0.25) is 0 Å². The molecule has 1 aromatic rings. The van der Waals surface area contributed by atoms with Crippen LogP contribution in [0.3, 0.4) is 0 Å². The van der Waals surface area contributed by atoms with Crippen molar-refractivity contribution in [3.05, 3.63) is 45.1 Å². The van der Waals surface area contributed by atoms with Crippen molar-refractivity contribution in [2.75, 3.05) is 13.2 Å². The standard InChI is InChI=1S/C18H23Cl2N3O3/c1-4-14-16(17(24)26-5-2)15(23-18(25)22-14)9-21-10(3)12-7-6-11(19)8-13(12)20/h6-8,10,14,21H,4-5,9H2,1-3H3,(H2,22,23,25)/p+1/t10-,14-/m0/s1. The van der Waals surface area contributed by atoms with Crippen molar-refractivity contribution in [1.82, 2.24) is 10.6 Å². The number of halogens is 2. The summed E-state index contributed by atoms with van der Waals surface area (Å²) in [6.07, 6.45) is 0.601. The molecule has 0 saturated heterocycles. The van der Waals surface area contributed by atoms with Crippen LogP contribution in [0, 0.1) is 0 Å². The van der Waals surface area contributed by atoms with Crippen LogP contribution in [0.1, 0.15) is 38.8 Å². The Hall–Kier alpha value is -1.76. The highest BCUT2D eigenvalue weighted by Gasteiger charge is 2.32. The Morgan fingerprint density at radius 1 is 1.35 bits per heavy atom. The Morgan fingerprint density at radius 2 is 2.08 bits per heavy atom. The molecule has 0 unspecified atom stereocenters. The molecule has 0 bridgehead atoms. The second kappa shape index (κ2) is 9.26. The molecule has 4 N–H and O–H groups in total. The van der Waals surface area contributed by atoms with Crippen LogP contribution in [-0.4, -0.2) is 31.2 Å². The number of hydrogen-bond acceptors (Lipinski definition) is 3. The van der Waals surface area contributed by atoms with Gasteiger partial charge in [0, 0.05) is 10.6 Å². The summed E-state index contributed by atoms with van der Waals surface area (Å²) < 4.78 is 5.16. The first-order valence-corrected chi connectivity index (χ1v) is 9.38. The fourth-order valence-corrected chi connectivity index (χ4v) is 3.50.